The topological polar surface area (TPSA) is 69.9 Å². The van der Waals surface area contributed by atoms with Crippen LogP contribution < -0.4 is 4.90 Å². The van der Waals surface area contributed by atoms with Gasteiger partial charge in [-0.05, 0) is 12.1 Å². The highest BCUT2D eigenvalue weighted by molar-refractivity contribution is 5.85. The van der Waals surface area contributed by atoms with E-state index in [1.807, 2.05) is 4.90 Å². The van der Waals surface area contributed by atoms with Crippen molar-refractivity contribution in [1.29, 1.82) is 0 Å². The quantitative estimate of drug-likeness (QED) is 0.670. The predicted molar refractivity (Wildman–Crippen MR) is 76.0 cm³/mol. The third-order valence-corrected chi connectivity index (χ3v) is 3.26. The SMILES string of the molecule is Cl.O=[N+]([O-])c1cc(F)ccc1N1CCN(CCO)CC1. The van der Waals surface area contributed by atoms with Gasteiger partial charge in [0.05, 0.1) is 17.6 Å². The van der Waals surface area contributed by atoms with Gasteiger partial charge in [0.1, 0.15) is 11.5 Å². The van der Waals surface area contributed by atoms with Crippen LogP contribution in [0.15, 0.2) is 18.2 Å². The summed E-state index contributed by atoms with van der Waals surface area (Å²) in [5.74, 6) is -0.602. The van der Waals surface area contributed by atoms with Crippen LogP contribution in [0.3, 0.4) is 0 Å². The van der Waals surface area contributed by atoms with Crippen molar-refractivity contribution in [3.63, 3.8) is 0 Å². The molecule has 0 bridgehead atoms. The van der Waals surface area contributed by atoms with E-state index in [1.54, 1.807) is 0 Å². The number of β-amino-alcohol motifs (C(OH)–C–C–N with tert-alkyl or cyclic N) is 1. The summed E-state index contributed by atoms with van der Waals surface area (Å²) in [7, 11) is 0. The highest BCUT2D eigenvalue weighted by atomic mass is 35.5. The average Bonchev–Trinajstić information content (AvgIpc) is 2.40. The van der Waals surface area contributed by atoms with Crippen molar-refractivity contribution in [3.8, 4) is 0 Å². The van der Waals surface area contributed by atoms with Crippen LogP contribution in [0.5, 0.6) is 0 Å². The molecule has 1 N–H and O–H groups in total. The van der Waals surface area contributed by atoms with Gasteiger partial charge in [0.25, 0.3) is 5.69 Å². The zero-order valence-corrected chi connectivity index (χ0v) is 11.7. The summed E-state index contributed by atoms with van der Waals surface area (Å²) in [6, 6.07) is 3.65. The molecule has 2 rings (SSSR count). The molecule has 1 aromatic rings. The fourth-order valence-electron chi connectivity index (χ4n) is 2.26. The first-order chi connectivity index (χ1) is 9.11. The first-order valence-electron chi connectivity index (χ1n) is 6.14. The maximum Gasteiger partial charge on any atom is 0.295 e. The van der Waals surface area contributed by atoms with Crippen LogP contribution >= 0.6 is 12.4 Å². The minimum Gasteiger partial charge on any atom is -0.395 e. The number of nitro groups is 1. The first-order valence-corrected chi connectivity index (χ1v) is 6.14. The summed E-state index contributed by atoms with van der Waals surface area (Å²) >= 11 is 0. The summed E-state index contributed by atoms with van der Waals surface area (Å²) in [6.07, 6.45) is 0. The number of anilines is 1. The number of aliphatic hydroxyl groups is 1. The summed E-state index contributed by atoms with van der Waals surface area (Å²) in [6.45, 7) is 3.44. The van der Waals surface area contributed by atoms with Crippen LogP contribution in [-0.4, -0.2) is 54.3 Å². The van der Waals surface area contributed by atoms with E-state index in [-0.39, 0.29) is 24.7 Å². The lowest BCUT2D eigenvalue weighted by molar-refractivity contribution is -0.384. The second-order valence-electron chi connectivity index (χ2n) is 4.44. The average molecular weight is 306 g/mol. The van der Waals surface area contributed by atoms with Gasteiger partial charge >= 0.3 is 0 Å². The Morgan fingerprint density at radius 3 is 2.50 bits per heavy atom. The molecule has 1 saturated heterocycles. The standard InChI is InChI=1S/C12H16FN3O3.ClH/c13-10-1-2-11(12(9-10)16(18)19)15-5-3-14(4-6-15)7-8-17;/h1-2,9,17H,3-8H2;1H. The van der Waals surface area contributed by atoms with Crippen LogP contribution in [0.1, 0.15) is 0 Å². The minimum absolute atomic E-state index is 0. The number of piperazine rings is 1. The number of benzene rings is 1. The molecule has 0 atom stereocenters. The monoisotopic (exact) mass is 305 g/mol. The molecule has 1 aromatic carbocycles. The van der Waals surface area contributed by atoms with Crippen molar-refractivity contribution in [2.75, 3.05) is 44.2 Å². The van der Waals surface area contributed by atoms with Crippen LogP contribution in [0, 0.1) is 15.9 Å². The molecule has 1 heterocycles. The number of nitro benzene ring substituents is 1. The Labute approximate surface area is 122 Å². The van der Waals surface area contributed by atoms with Crippen molar-refractivity contribution >= 4 is 23.8 Å². The number of nitrogens with zero attached hydrogens (tertiary/aromatic N) is 3. The Morgan fingerprint density at radius 2 is 1.95 bits per heavy atom. The van der Waals surface area contributed by atoms with Gasteiger partial charge < -0.3 is 10.0 Å². The lowest BCUT2D eigenvalue weighted by Gasteiger charge is -2.35. The molecule has 1 aliphatic rings. The van der Waals surface area contributed by atoms with Crippen LogP contribution in [0.2, 0.25) is 0 Å². The van der Waals surface area contributed by atoms with Gasteiger partial charge in [-0.3, -0.25) is 15.0 Å². The third-order valence-electron chi connectivity index (χ3n) is 3.26. The molecule has 1 fully saturated rings. The van der Waals surface area contributed by atoms with Gasteiger partial charge in [0.15, 0.2) is 0 Å². The molecule has 0 aliphatic carbocycles. The molecule has 0 saturated carbocycles. The zero-order chi connectivity index (χ0) is 13.8. The number of halogens is 2. The normalized spacial score (nSPS) is 15.8. The van der Waals surface area contributed by atoms with Crippen LogP contribution in [0.4, 0.5) is 15.8 Å². The van der Waals surface area contributed by atoms with Crippen LogP contribution in [-0.2, 0) is 0 Å². The smallest absolute Gasteiger partial charge is 0.295 e. The van der Waals surface area contributed by atoms with Crippen LogP contribution in [0.25, 0.3) is 0 Å². The molecule has 1 aliphatic heterocycles. The first kappa shape index (κ1) is 16.6. The summed E-state index contributed by atoms with van der Waals surface area (Å²) in [5.41, 5.74) is 0.255. The molecule has 0 unspecified atom stereocenters. The molecule has 0 spiro atoms. The van der Waals surface area contributed by atoms with Crippen molar-refractivity contribution in [1.82, 2.24) is 4.90 Å². The van der Waals surface area contributed by atoms with Gasteiger partial charge in [0, 0.05) is 32.7 Å². The largest absolute Gasteiger partial charge is 0.395 e. The molecule has 0 radical (unpaired) electrons. The second-order valence-corrected chi connectivity index (χ2v) is 4.44. The van der Waals surface area contributed by atoms with Crippen molar-refractivity contribution in [2.24, 2.45) is 0 Å². The Kier molecular flexibility index (Phi) is 6.12. The van der Waals surface area contributed by atoms with Gasteiger partial charge in [0.2, 0.25) is 0 Å². The molecule has 8 heteroatoms. The Morgan fingerprint density at radius 1 is 1.30 bits per heavy atom. The predicted octanol–water partition coefficient (Wildman–Crippen LogP) is 1.27. The van der Waals surface area contributed by atoms with Gasteiger partial charge in [-0.15, -0.1) is 12.4 Å². The number of hydrogen-bond acceptors (Lipinski definition) is 5. The fraction of sp³-hybridized carbons (Fsp3) is 0.500. The lowest BCUT2D eigenvalue weighted by Crippen LogP contribution is -2.47. The molecular formula is C12H17ClFN3O3. The molecule has 6 nitrogen and oxygen atoms in total. The maximum atomic E-state index is 13.1. The summed E-state index contributed by atoms with van der Waals surface area (Å²) in [5, 5.41) is 19.8. The van der Waals surface area contributed by atoms with Gasteiger partial charge in [-0.25, -0.2) is 4.39 Å². The molecule has 20 heavy (non-hydrogen) atoms. The van der Waals surface area contributed by atoms with E-state index in [2.05, 4.69) is 4.90 Å². The number of aliphatic hydroxyl groups excluding tert-OH is 1. The number of hydrogen-bond donors (Lipinski definition) is 1. The number of rotatable bonds is 4. The molecule has 0 amide bonds. The van der Waals surface area contributed by atoms with E-state index in [4.69, 9.17) is 5.11 Å². The molecule has 112 valence electrons. The maximum absolute atomic E-state index is 13.1. The third kappa shape index (κ3) is 3.78. The van der Waals surface area contributed by atoms with Gasteiger partial charge in [-0.2, -0.15) is 0 Å². The Balaban J connectivity index is 0.00000200. The van der Waals surface area contributed by atoms with Gasteiger partial charge in [-0.1, -0.05) is 0 Å². The van der Waals surface area contributed by atoms with Crippen molar-refractivity contribution in [2.45, 2.75) is 0 Å². The Hall–Kier alpha value is -1.44. The fourth-order valence-corrected chi connectivity index (χ4v) is 2.26. The minimum atomic E-state index is -0.602. The highest BCUT2D eigenvalue weighted by Gasteiger charge is 2.23. The molecular weight excluding hydrogens is 289 g/mol. The Bertz CT molecular complexity index is 467. The van der Waals surface area contributed by atoms with E-state index in [0.717, 1.165) is 19.2 Å². The molecule has 0 aromatic heterocycles. The van der Waals surface area contributed by atoms with E-state index < -0.39 is 10.7 Å². The second kappa shape index (κ2) is 7.37. The van der Waals surface area contributed by atoms with E-state index in [0.29, 0.717) is 25.3 Å². The van der Waals surface area contributed by atoms with E-state index in [1.165, 1.54) is 12.1 Å². The highest BCUT2D eigenvalue weighted by Crippen LogP contribution is 2.29. The van der Waals surface area contributed by atoms with E-state index in [9.17, 15) is 14.5 Å². The van der Waals surface area contributed by atoms with E-state index >= 15 is 0 Å². The summed E-state index contributed by atoms with van der Waals surface area (Å²) in [4.78, 5) is 14.4. The van der Waals surface area contributed by atoms with Crippen molar-refractivity contribution < 1.29 is 14.4 Å². The summed E-state index contributed by atoms with van der Waals surface area (Å²) < 4.78 is 13.1. The van der Waals surface area contributed by atoms with Crippen molar-refractivity contribution in [3.05, 3.63) is 34.1 Å². The zero-order valence-electron chi connectivity index (χ0n) is 10.9. The lowest BCUT2D eigenvalue weighted by atomic mass is 10.2.